The number of fused-ring (bicyclic) bond motifs is 1. The van der Waals surface area contributed by atoms with E-state index in [1.165, 1.54) is 22.9 Å². The van der Waals surface area contributed by atoms with E-state index in [0.717, 1.165) is 10.1 Å². The molecule has 2 aromatic carbocycles. The van der Waals surface area contributed by atoms with Crippen LogP contribution in [0.2, 0.25) is 0 Å². The maximum absolute atomic E-state index is 12.5. The molecule has 0 fully saturated rings. The number of sulfonamides is 1. The van der Waals surface area contributed by atoms with Crippen molar-refractivity contribution >= 4 is 48.9 Å². The summed E-state index contributed by atoms with van der Waals surface area (Å²) >= 11 is 1.40. The quantitative estimate of drug-likeness (QED) is 0.742. The van der Waals surface area contributed by atoms with E-state index in [4.69, 9.17) is 0 Å². The van der Waals surface area contributed by atoms with Gasteiger partial charge in [0.05, 0.1) is 16.1 Å². The molecule has 0 radical (unpaired) electrons. The van der Waals surface area contributed by atoms with Gasteiger partial charge in [0.15, 0.2) is 0 Å². The Morgan fingerprint density at radius 3 is 2.80 bits per heavy atom. The van der Waals surface area contributed by atoms with Crippen LogP contribution >= 0.6 is 11.5 Å². The Kier molecular flexibility index (Phi) is 4.73. The summed E-state index contributed by atoms with van der Waals surface area (Å²) in [5.41, 5.74) is 1.50. The molecule has 0 spiro atoms. The largest absolute Gasteiger partial charge is 0.322 e. The van der Waals surface area contributed by atoms with E-state index in [9.17, 15) is 13.2 Å². The Labute approximate surface area is 150 Å². The summed E-state index contributed by atoms with van der Waals surface area (Å²) < 4.78 is 30.3. The van der Waals surface area contributed by atoms with Crippen molar-refractivity contribution in [2.75, 3.05) is 22.4 Å². The highest BCUT2D eigenvalue weighted by atomic mass is 32.2. The van der Waals surface area contributed by atoms with Crippen LogP contribution in [0.3, 0.4) is 0 Å². The molecule has 0 unspecified atom stereocenters. The first-order chi connectivity index (χ1) is 11.9. The summed E-state index contributed by atoms with van der Waals surface area (Å²) in [6.45, 7) is 1.58. The zero-order chi connectivity index (χ0) is 18.0. The fourth-order valence-corrected chi connectivity index (χ4v) is 3.80. The molecular weight excluding hydrogens is 358 g/mol. The predicted octanol–water partition coefficient (Wildman–Crippen LogP) is 3.33. The van der Waals surface area contributed by atoms with Gasteiger partial charge in [0.25, 0.3) is 5.91 Å². The fourth-order valence-electron chi connectivity index (χ4n) is 2.35. The summed E-state index contributed by atoms with van der Waals surface area (Å²) in [7, 11) is -1.90. The minimum atomic E-state index is -3.37. The molecule has 0 aliphatic carbocycles. The molecule has 1 heterocycles. The van der Waals surface area contributed by atoms with Gasteiger partial charge in [-0.05, 0) is 54.9 Å². The van der Waals surface area contributed by atoms with Gasteiger partial charge in [-0.1, -0.05) is 6.07 Å². The van der Waals surface area contributed by atoms with Gasteiger partial charge in [-0.25, -0.2) is 8.42 Å². The molecule has 0 aliphatic heterocycles. The van der Waals surface area contributed by atoms with Gasteiger partial charge in [0.2, 0.25) is 10.0 Å². The Bertz CT molecular complexity index is 1030. The fraction of sp³-hybridized carbons (Fsp3) is 0.176. The van der Waals surface area contributed by atoms with Crippen LogP contribution in [0.4, 0.5) is 11.4 Å². The van der Waals surface area contributed by atoms with Crippen LogP contribution < -0.4 is 9.62 Å². The van der Waals surface area contributed by atoms with E-state index >= 15 is 0 Å². The van der Waals surface area contributed by atoms with Crippen LogP contribution in [-0.2, 0) is 10.0 Å². The average Bonchev–Trinajstić information content (AvgIpc) is 3.09. The highest BCUT2D eigenvalue weighted by molar-refractivity contribution is 7.92. The number of rotatable bonds is 5. The zero-order valence-electron chi connectivity index (χ0n) is 13.8. The Morgan fingerprint density at radius 1 is 1.24 bits per heavy atom. The number of benzene rings is 2. The molecule has 8 heteroatoms. The Hall–Kier alpha value is -2.45. The second-order valence-corrected chi connectivity index (χ2v) is 8.57. The van der Waals surface area contributed by atoms with E-state index in [1.807, 2.05) is 18.2 Å². The number of amides is 1. The van der Waals surface area contributed by atoms with Crippen molar-refractivity contribution in [1.29, 1.82) is 0 Å². The standard InChI is InChI=1S/C17H17N3O3S2/c1-3-25(22,23)20(2)15-6-4-5-12(10-15)17(21)19-14-7-8-16-13(9-14)11-18-24-16/h4-11H,3H2,1-2H3,(H,19,21). The molecule has 3 rings (SSSR count). The van der Waals surface area contributed by atoms with Crippen LogP contribution in [0.5, 0.6) is 0 Å². The van der Waals surface area contributed by atoms with Crippen molar-refractivity contribution in [3.8, 4) is 0 Å². The van der Waals surface area contributed by atoms with Crippen LogP contribution in [0, 0.1) is 0 Å². The number of carbonyl (C=O) groups is 1. The third kappa shape index (κ3) is 3.64. The van der Waals surface area contributed by atoms with E-state index in [0.29, 0.717) is 16.9 Å². The Morgan fingerprint density at radius 2 is 2.04 bits per heavy atom. The van der Waals surface area contributed by atoms with Crippen molar-refractivity contribution in [3.05, 3.63) is 54.2 Å². The number of carbonyl (C=O) groups excluding carboxylic acids is 1. The lowest BCUT2D eigenvalue weighted by atomic mass is 10.1. The number of hydrogen-bond donors (Lipinski definition) is 1. The third-order valence-corrected chi connectivity index (χ3v) is 6.42. The van der Waals surface area contributed by atoms with Crippen LogP contribution in [0.15, 0.2) is 48.7 Å². The molecule has 0 saturated carbocycles. The lowest BCUT2D eigenvalue weighted by Gasteiger charge is -2.19. The maximum Gasteiger partial charge on any atom is 0.255 e. The molecule has 0 saturated heterocycles. The van der Waals surface area contributed by atoms with Crippen molar-refractivity contribution in [2.24, 2.45) is 0 Å². The minimum Gasteiger partial charge on any atom is -0.322 e. The first-order valence-corrected chi connectivity index (χ1v) is 10.0. The molecule has 1 amide bonds. The first kappa shape index (κ1) is 17.4. The number of anilines is 2. The van der Waals surface area contributed by atoms with Crippen molar-refractivity contribution in [3.63, 3.8) is 0 Å². The number of aromatic nitrogens is 1. The SMILES string of the molecule is CCS(=O)(=O)N(C)c1cccc(C(=O)Nc2ccc3sncc3c2)c1. The summed E-state index contributed by atoms with van der Waals surface area (Å²) in [4.78, 5) is 12.5. The summed E-state index contributed by atoms with van der Waals surface area (Å²) in [5.74, 6) is -0.305. The summed E-state index contributed by atoms with van der Waals surface area (Å²) in [6.07, 6.45) is 1.75. The topological polar surface area (TPSA) is 79.4 Å². The van der Waals surface area contributed by atoms with Gasteiger partial charge in [-0.2, -0.15) is 4.37 Å². The van der Waals surface area contributed by atoms with Crippen LogP contribution in [0.25, 0.3) is 10.1 Å². The van der Waals surface area contributed by atoms with Crippen LogP contribution in [0.1, 0.15) is 17.3 Å². The smallest absolute Gasteiger partial charge is 0.255 e. The first-order valence-electron chi connectivity index (χ1n) is 7.63. The molecule has 130 valence electrons. The normalized spacial score (nSPS) is 11.4. The van der Waals surface area contributed by atoms with Crippen molar-refractivity contribution in [1.82, 2.24) is 4.37 Å². The predicted molar refractivity (Wildman–Crippen MR) is 102 cm³/mol. The van der Waals surface area contributed by atoms with Crippen molar-refractivity contribution < 1.29 is 13.2 Å². The van der Waals surface area contributed by atoms with Gasteiger partial charge in [-0.15, -0.1) is 0 Å². The van der Waals surface area contributed by atoms with E-state index < -0.39 is 10.0 Å². The van der Waals surface area contributed by atoms with E-state index in [2.05, 4.69) is 9.69 Å². The molecule has 0 aliphatic rings. The lowest BCUT2D eigenvalue weighted by Crippen LogP contribution is -2.28. The maximum atomic E-state index is 12.5. The average molecular weight is 375 g/mol. The second kappa shape index (κ2) is 6.81. The molecular formula is C17H17N3O3S2. The molecule has 1 N–H and O–H groups in total. The van der Waals surface area contributed by atoms with Gasteiger partial charge in [0.1, 0.15) is 0 Å². The van der Waals surface area contributed by atoms with Crippen molar-refractivity contribution in [2.45, 2.75) is 6.92 Å². The Balaban J connectivity index is 1.83. The van der Waals surface area contributed by atoms with Gasteiger partial charge < -0.3 is 5.32 Å². The zero-order valence-corrected chi connectivity index (χ0v) is 15.4. The van der Waals surface area contributed by atoms with Crippen LogP contribution in [-0.4, -0.2) is 31.5 Å². The van der Waals surface area contributed by atoms with E-state index in [1.54, 1.807) is 37.4 Å². The van der Waals surface area contributed by atoms with E-state index in [-0.39, 0.29) is 11.7 Å². The minimum absolute atomic E-state index is 0.00534. The van der Waals surface area contributed by atoms with Gasteiger partial charge in [-0.3, -0.25) is 9.10 Å². The summed E-state index contributed by atoms with van der Waals surface area (Å²) in [5, 5.41) is 3.79. The third-order valence-electron chi connectivity index (χ3n) is 3.86. The monoisotopic (exact) mass is 375 g/mol. The highest BCUT2D eigenvalue weighted by Crippen LogP contribution is 2.23. The number of hydrogen-bond acceptors (Lipinski definition) is 5. The molecule has 6 nitrogen and oxygen atoms in total. The number of nitrogens with zero attached hydrogens (tertiary/aromatic N) is 2. The molecule has 3 aromatic rings. The molecule has 1 aromatic heterocycles. The summed E-state index contributed by atoms with van der Waals surface area (Å²) in [6, 6.07) is 12.1. The highest BCUT2D eigenvalue weighted by Gasteiger charge is 2.17. The molecule has 0 bridgehead atoms. The van der Waals surface area contributed by atoms with Gasteiger partial charge in [0, 0.05) is 29.9 Å². The molecule has 25 heavy (non-hydrogen) atoms. The number of nitrogens with one attached hydrogen (secondary N) is 1. The lowest BCUT2D eigenvalue weighted by molar-refractivity contribution is 0.102. The van der Waals surface area contributed by atoms with Gasteiger partial charge >= 0.3 is 0 Å². The second-order valence-electron chi connectivity index (χ2n) is 5.45. The molecule has 0 atom stereocenters.